The lowest BCUT2D eigenvalue weighted by molar-refractivity contribution is 0.379. The Labute approximate surface area is 111 Å². The Hall–Kier alpha value is -2.44. The van der Waals surface area contributed by atoms with E-state index in [1.165, 1.54) is 7.11 Å². The van der Waals surface area contributed by atoms with Crippen molar-refractivity contribution >= 4 is 5.95 Å². The summed E-state index contributed by atoms with van der Waals surface area (Å²) in [5.41, 5.74) is 0.735. The molecule has 2 rings (SSSR count). The monoisotopic (exact) mass is 261 g/mol. The molecule has 0 aliphatic carbocycles. The molecule has 0 fully saturated rings. The van der Waals surface area contributed by atoms with Crippen molar-refractivity contribution in [3.05, 3.63) is 18.5 Å². The van der Waals surface area contributed by atoms with Crippen LogP contribution in [0, 0.1) is 0 Å². The first-order valence-electron chi connectivity index (χ1n) is 5.80. The number of pyridine rings is 1. The standard InChI is InChI=1S/C12H15N5O2/c1-4-14-11-15-10(16-12(17-11)19-3)8-5-9(18-2)7-13-6-8/h5-7H,4H2,1-3H3,(H,14,15,16,17). The van der Waals surface area contributed by atoms with Gasteiger partial charge in [0.25, 0.3) is 0 Å². The zero-order chi connectivity index (χ0) is 13.7. The molecule has 2 aromatic rings. The van der Waals surface area contributed by atoms with Crippen LogP contribution < -0.4 is 14.8 Å². The normalized spacial score (nSPS) is 10.1. The molecule has 0 atom stereocenters. The molecule has 7 heteroatoms. The molecule has 0 bridgehead atoms. The molecule has 0 radical (unpaired) electrons. The van der Waals surface area contributed by atoms with Crippen LogP contribution in [0.1, 0.15) is 6.92 Å². The SMILES string of the molecule is CCNc1nc(OC)nc(-c2cncc(OC)c2)n1. The molecule has 0 unspecified atom stereocenters. The Morgan fingerprint density at radius 2 is 1.95 bits per heavy atom. The van der Waals surface area contributed by atoms with Gasteiger partial charge in [-0.15, -0.1) is 0 Å². The van der Waals surface area contributed by atoms with E-state index in [1.807, 2.05) is 6.92 Å². The van der Waals surface area contributed by atoms with Gasteiger partial charge in [0.15, 0.2) is 5.82 Å². The summed E-state index contributed by atoms with van der Waals surface area (Å²) in [6.45, 7) is 2.67. The molecule has 0 aliphatic rings. The Morgan fingerprint density at radius 3 is 2.63 bits per heavy atom. The van der Waals surface area contributed by atoms with Gasteiger partial charge in [0.05, 0.1) is 20.4 Å². The van der Waals surface area contributed by atoms with Crippen molar-refractivity contribution in [3.8, 4) is 23.1 Å². The Kier molecular flexibility index (Phi) is 4.07. The molecule has 19 heavy (non-hydrogen) atoms. The number of rotatable bonds is 5. The van der Waals surface area contributed by atoms with Crippen molar-refractivity contribution < 1.29 is 9.47 Å². The van der Waals surface area contributed by atoms with E-state index in [0.717, 1.165) is 5.56 Å². The van der Waals surface area contributed by atoms with Crippen LogP contribution in [0.2, 0.25) is 0 Å². The number of methoxy groups -OCH3 is 2. The van der Waals surface area contributed by atoms with Crippen molar-refractivity contribution in [1.82, 2.24) is 19.9 Å². The highest BCUT2D eigenvalue weighted by atomic mass is 16.5. The van der Waals surface area contributed by atoms with Crippen LogP contribution in [0.15, 0.2) is 18.5 Å². The number of nitrogens with one attached hydrogen (secondary N) is 1. The van der Waals surface area contributed by atoms with E-state index in [0.29, 0.717) is 24.1 Å². The van der Waals surface area contributed by atoms with Crippen LogP contribution in [-0.2, 0) is 0 Å². The fraction of sp³-hybridized carbons (Fsp3) is 0.333. The minimum absolute atomic E-state index is 0.253. The van der Waals surface area contributed by atoms with Gasteiger partial charge in [-0.25, -0.2) is 0 Å². The minimum atomic E-state index is 0.253. The summed E-state index contributed by atoms with van der Waals surface area (Å²) in [5, 5.41) is 3.03. The van der Waals surface area contributed by atoms with Gasteiger partial charge in [0.2, 0.25) is 5.95 Å². The Balaban J connectivity index is 2.44. The molecule has 0 aliphatic heterocycles. The smallest absolute Gasteiger partial charge is 0.321 e. The Morgan fingerprint density at radius 1 is 1.11 bits per heavy atom. The second kappa shape index (κ2) is 5.94. The number of hydrogen-bond donors (Lipinski definition) is 1. The maximum Gasteiger partial charge on any atom is 0.321 e. The average molecular weight is 261 g/mol. The van der Waals surface area contributed by atoms with E-state index in [2.05, 4.69) is 25.3 Å². The second-order valence-electron chi connectivity index (χ2n) is 3.61. The first-order valence-corrected chi connectivity index (χ1v) is 5.80. The van der Waals surface area contributed by atoms with Crippen LogP contribution in [0.25, 0.3) is 11.4 Å². The summed E-state index contributed by atoms with van der Waals surface area (Å²) in [7, 11) is 3.09. The van der Waals surface area contributed by atoms with E-state index >= 15 is 0 Å². The summed E-state index contributed by atoms with van der Waals surface area (Å²) in [6.07, 6.45) is 3.28. The molecule has 0 spiro atoms. The summed E-state index contributed by atoms with van der Waals surface area (Å²) < 4.78 is 10.2. The van der Waals surface area contributed by atoms with Crippen molar-refractivity contribution in [3.63, 3.8) is 0 Å². The van der Waals surface area contributed by atoms with E-state index in [-0.39, 0.29) is 6.01 Å². The summed E-state index contributed by atoms with van der Waals surface area (Å²) in [5.74, 6) is 1.59. The molecule has 2 heterocycles. The quantitative estimate of drug-likeness (QED) is 0.870. The summed E-state index contributed by atoms with van der Waals surface area (Å²) >= 11 is 0. The molecule has 0 saturated carbocycles. The largest absolute Gasteiger partial charge is 0.495 e. The van der Waals surface area contributed by atoms with Gasteiger partial charge in [0, 0.05) is 18.3 Å². The first-order chi connectivity index (χ1) is 9.26. The van der Waals surface area contributed by atoms with Crippen molar-refractivity contribution in [2.24, 2.45) is 0 Å². The molecule has 0 saturated heterocycles. The lowest BCUT2D eigenvalue weighted by atomic mass is 10.2. The molecule has 1 N–H and O–H groups in total. The van der Waals surface area contributed by atoms with Gasteiger partial charge in [-0.1, -0.05) is 0 Å². The van der Waals surface area contributed by atoms with Crippen molar-refractivity contribution in [2.45, 2.75) is 6.92 Å². The first kappa shape index (κ1) is 13.0. The zero-order valence-electron chi connectivity index (χ0n) is 11.0. The summed E-state index contributed by atoms with van der Waals surface area (Å²) in [4.78, 5) is 16.7. The minimum Gasteiger partial charge on any atom is -0.495 e. The van der Waals surface area contributed by atoms with E-state index < -0.39 is 0 Å². The molecule has 7 nitrogen and oxygen atoms in total. The third kappa shape index (κ3) is 3.06. The fourth-order valence-electron chi connectivity index (χ4n) is 1.47. The zero-order valence-corrected chi connectivity index (χ0v) is 11.0. The lowest BCUT2D eigenvalue weighted by Gasteiger charge is -2.07. The van der Waals surface area contributed by atoms with Crippen LogP contribution in [0.5, 0.6) is 11.8 Å². The van der Waals surface area contributed by atoms with Gasteiger partial charge in [-0.05, 0) is 13.0 Å². The van der Waals surface area contributed by atoms with Crippen molar-refractivity contribution in [2.75, 3.05) is 26.1 Å². The highest BCUT2D eigenvalue weighted by Crippen LogP contribution is 2.21. The third-order valence-electron chi connectivity index (χ3n) is 2.34. The van der Waals surface area contributed by atoms with Crippen LogP contribution >= 0.6 is 0 Å². The molecule has 0 amide bonds. The topological polar surface area (TPSA) is 82.1 Å². The predicted octanol–water partition coefficient (Wildman–Crippen LogP) is 1.38. The number of nitrogens with zero attached hydrogens (tertiary/aromatic N) is 4. The molecular formula is C12H15N5O2. The Bertz CT molecular complexity index is 562. The molecule has 0 aromatic carbocycles. The maximum absolute atomic E-state index is 5.13. The number of anilines is 1. The highest BCUT2D eigenvalue weighted by molar-refractivity contribution is 5.57. The van der Waals surface area contributed by atoms with Gasteiger partial charge < -0.3 is 14.8 Å². The third-order valence-corrected chi connectivity index (χ3v) is 2.34. The van der Waals surface area contributed by atoms with Gasteiger partial charge in [-0.3, -0.25) is 4.98 Å². The fourth-order valence-corrected chi connectivity index (χ4v) is 1.47. The highest BCUT2D eigenvalue weighted by Gasteiger charge is 2.09. The van der Waals surface area contributed by atoms with E-state index in [9.17, 15) is 0 Å². The van der Waals surface area contributed by atoms with Crippen LogP contribution in [0.4, 0.5) is 5.95 Å². The van der Waals surface area contributed by atoms with Crippen LogP contribution in [-0.4, -0.2) is 40.7 Å². The number of ether oxygens (including phenoxy) is 2. The van der Waals surface area contributed by atoms with Crippen LogP contribution in [0.3, 0.4) is 0 Å². The van der Waals surface area contributed by atoms with E-state index in [1.54, 1.807) is 25.6 Å². The van der Waals surface area contributed by atoms with Gasteiger partial charge >= 0.3 is 6.01 Å². The van der Waals surface area contributed by atoms with E-state index in [4.69, 9.17) is 9.47 Å². The molecule has 100 valence electrons. The van der Waals surface area contributed by atoms with Gasteiger partial charge in [0.1, 0.15) is 5.75 Å². The molecular weight excluding hydrogens is 246 g/mol. The number of aromatic nitrogens is 4. The summed E-state index contributed by atoms with van der Waals surface area (Å²) in [6, 6.07) is 2.06. The lowest BCUT2D eigenvalue weighted by Crippen LogP contribution is -2.06. The number of hydrogen-bond acceptors (Lipinski definition) is 7. The predicted molar refractivity (Wildman–Crippen MR) is 70.3 cm³/mol. The maximum atomic E-state index is 5.13. The molecule has 2 aromatic heterocycles. The van der Waals surface area contributed by atoms with Gasteiger partial charge in [-0.2, -0.15) is 15.0 Å². The van der Waals surface area contributed by atoms with Crippen molar-refractivity contribution in [1.29, 1.82) is 0 Å². The second-order valence-corrected chi connectivity index (χ2v) is 3.61. The average Bonchev–Trinajstić information content (AvgIpc) is 2.47.